The SMILES string of the molecule is CC(=O)N[C@@H](C)CO[C@H]1CC[C@H](Oc2nc3ccc(OCC(F)F)cc3n2C)CC1. The van der Waals surface area contributed by atoms with Crippen LogP contribution in [0, 0.1) is 0 Å². The molecule has 1 saturated carbocycles. The zero-order valence-corrected chi connectivity index (χ0v) is 17.6. The van der Waals surface area contributed by atoms with E-state index in [4.69, 9.17) is 14.2 Å². The number of nitrogens with one attached hydrogen (secondary N) is 1. The summed E-state index contributed by atoms with van der Waals surface area (Å²) >= 11 is 0. The highest BCUT2D eigenvalue weighted by Crippen LogP contribution is 2.29. The molecular weight excluding hydrogens is 396 g/mol. The van der Waals surface area contributed by atoms with Gasteiger partial charge in [0.25, 0.3) is 12.4 Å². The van der Waals surface area contributed by atoms with E-state index in [1.807, 2.05) is 18.5 Å². The van der Waals surface area contributed by atoms with Gasteiger partial charge in [-0.2, -0.15) is 4.98 Å². The maximum atomic E-state index is 12.4. The molecule has 0 saturated heterocycles. The topological polar surface area (TPSA) is 74.6 Å². The summed E-state index contributed by atoms with van der Waals surface area (Å²) in [6.45, 7) is 3.28. The molecule has 1 aromatic carbocycles. The van der Waals surface area contributed by atoms with Crippen molar-refractivity contribution in [2.24, 2.45) is 7.05 Å². The van der Waals surface area contributed by atoms with Crippen LogP contribution in [0.4, 0.5) is 8.78 Å². The molecule has 30 heavy (non-hydrogen) atoms. The van der Waals surface area contributed by atoms with Gasteiger partial charge in [0, 0.05) is 26.1 Å². The number of rotatable bonds is 9. The average Bonchev–Trinajstić information content (AvgIpc) is 3.00. The number of alkyl halides is 2. The first kappa shape index (κ1) is 22.3. The normalized spacial score (nSPS) is 20.3. The van der Waals surface area contributed by atoms with Gasteiger partial charge in [-0.15, -0.1) is 0 Å². The second kappa shape index (κ2) is 10.1. The summed E-state index contributed by atoms with van der Waals surface area (Å²) < 4.78 is 43.6. The second-order valence-electron chi connectivity index (χ2n) is 7.76. The lowest BCUT2D eigenvalue weighted by Gasteiger charge is -2.29. The van der Waals surface area contributed by atoms with Crippen molar-refractivity contribution in [2.45, 2.75) is 64.2 Å². The number of aryl methyl sites for hydroxylation is 1. The fourth-order valence-electron chi connectivity index (χ4n) is 3.64. The van der Waals surface area contributed by atoms with Gasteiger partial charge in [0.2, 0.25) is 5.91 Å². The number of carbonyl (C=O) groups is 1. The maximum Gasteiger partial charge on any atom is 0.297 e. The number of aromatic nitrogens is 2. The van der Waals surface area contributed by atoms with Gasteiger partial charge in [0.05, 0.1) is 23.7 Å². The molecule has 3 rings (SSSR count). The van der Waals surface area contributed by atoms with Gasteiger partial charge in [-0.05, 0) is 44.7 Å². The van der Waals surface area contributed by atoms with Crippen LogP contribution >= 0.6 is 0 Å². The second-order valence-corrected chi connectivity index (χ2v) is 7.76. The molecule has 166 valence electrons. The Morgan fingerprint density at radius 1 is 1.23 bits per heavy atom. The Labute approximate surface area is 174 Å². The molecule has 1 fully saturated rings. The van der Waals surface area contributed by atoms with E-state index in [-0.39, 0.29) is 24.2 Å². The highest BCUT2D eigenvalue weighted by atomic mass is 19.3. The predicted molar refractivity (Wildman–Crippen MR) is 108 cm³/mol. The third-order valence-electron chi connectivity index (χ3n) is 5.11. The lowest BCUT2D eigenvalue weighted by Crippen LogP contribution is -2.37. The zero-order chi connectivity index (χ0) is 21.7. The minimum Gasteiger partial charge on any atom is -0.488 e. The molecule has 0 aliphatic heterocycles. The van der Waals surface area contributed by atoms with Crippen molar-refractivity contribution >= 4 is 16.9 Å². The Bertz CT molecular complexity index is 850. The van der Waals surface area contributed by atoms with Crippen molar-refractivity contribution in [1.82, 2.24) is 14.9 Å². The van der Waals surface area contributed by atoms with Crippen LogP contribution in [0.15, 0.2) is 18.2 Å². The van der Waals surface area contributed by atoms with E-state index in [1.54, 1.807) is 18.2 Å². The first-order chi connectivity index (χ1) is 14.3. The number of hydrogen-bond acceptors (Lipinski definition) is 5. The molecule has 0 bridgehead atoms. The summed E-state index contributed by atoms with van der Waals surface area (Å²) in [5.74, 6) is 0.321. The van der Waals surface area contributed by atoms with Gasteiger partial charge in [-0.1, -0.05) is 0 Å². The number of carbonyl (C=O) groups excluding carboxylic acids is 1. The lowest BCUT2D eigenvalue weighted by molar-refractivity contribution is -0.120. The number of amides is 1. The zero-order valence-electron chi connectivity index (χ0n) is 17.6. The van der Waals surface area contributed by atoms with E-state index in [2.05, 4.69) is 10.3 Å². The number of imidazole rings is 1. The highest BCUT2D eigenvalue weighted by Gasteiger charge is 2.25. The van der Waals surface area contributed by atoms with Crippen molar-refractivity contribution in [3.63, 3.8) is 0 Å². The monoisotopic (exact) mass is 425 g/mol. The quantitative estimate of drug-likeness (QED) is 0.666. The summed E-state index contributed by atoms with van der Waals surface area (Å²) in [5, 5.41) is 2.81. The number of ether oxygens (including phenoxy) is 3. The number of hydrogen-bond donors (Lipinski definition) is 1. The molecule has 1 aliphatic rings. The highest BCUT2D eigenvalue weighted by molar-refractivity contribution is 5.78. The van der Waals surface area contributed by atoms with E-state index in [1.165, 1.54) is 6.92 Å². The number of nitrogens with zero attached hydrogens (tertiary/aromatic N) is 2. The van der Waals surface area contributed by atoms with E-state index in [9.17, 15) is 13.6 Å². The van der Waals surface area contributed by atoms with Crippen molar-refractivity contribution < 1.29 is 27.8 Å². The van der Waals surface area contributed by atoms with Crippen LogP contribution < -0.4 is 14.8 Å². The Balaban J connectivity index is 1.52. The summed E-state index contributed by atoms with van der Waals surface area (Å²) in [6, 6.07) is 5.56. The Morgan fingerprint density at radius 2 is 1.93 bits per heavy atom. The molecule has 0 unspecified atom stereocenters. The average molecular weight is 425 g/mol. The van der Waals surface area contributed by atoms with Crippen molar-refractivity contribution in [3.05, 3.63) is 18.2 Å². The molecule has 9 heteroatoms. The lowest BCUT2D eigenvalue weighted by atomic mass is 9.95. The third-order valence-corrected chi connectivity index (χ3v) is 5.11. The van der Waals surface area contributed by atoms with Crippen LogP contribution in [0.2, 0.25) is 0 Å². The molecule has 1 amide bonds. The molecular formula is C21H29F2N3O4. The Hall–Kier alpha value is -2.42. The first-order valence-corrected chi connectivity index (χ1v) is 10.2. The molecule has 0 spiro atoms. The van der Waals surface area contributed by atoms with Gasteiger partial charge in [-0.25, -0.2) is 8.78 Å². The Kier molecular flexibility index (Phi) is 7.47. The van der Waals surface area contributed by atoms with Crippen LogP contribution in [-0.4, -0.2) is 53.3 Å². The predicted octanol–water partition coefficient (Wildman–Crippen LogP) is 3.45. The number of fused-ring (bicyclic) bond motifs is 1. The van der Waals surface area contributed by atoms with Gasteiger partial charge in [0.1, 0.15) is 18.5 Å². The standard InChI is InChI=1S/C21H29F2N3O4/c1-13(24-14(2)27)11-28-15-4-6-16(7-5-15)30-21-25-18-9-8-17(29-12-20(22)23)10-19(18)26(21)3/h8-10,13,15-16,20H,4-7,11-12H2,1-3H3,(H,24,27)/t13-,15-,16-/m0/s1. The van der Waals surface area contributed by atoms with E-state index >= 15 is 0 Å². The van der Waals surface area contributed by atoms with Crippen LogP contribution in [-0.2, 0) is 16.6 Å². The van der Waals surface area contributed by atoms with Crippen molar-refractivity contribution in [2.75, 3.05) is 13.2 Å². The van der Waals surface area contributed by atoms with E-state index in [0.717, 1.165) is 36.7 Å². The number of benzene rings is 1. The first-order valence-electron chi connectivity index (χ1n) is 10.2. The van der Waals surface area contributed by atoms with Crippen LogP contribution in [0.5, 0.6) is 11.8 Å². The van der Waals surface area contributed by atoms with Gasteiger partial charge in [-0.3, -0.25) is 9.36 Å². The van der Waals surface area contributed by atoms with Gasteiger partial charge in [0.15, 0.2) is 0 Å². The molecule has 1 aliphatic carbocycles. The largest absolute Gasteiger partial charge is 0.488 e. The minimum atomic E-state index is -2.51. The number of halogens is 2. The van der Waals surface area contributed by atoms with E-state index < -0.39 is 13.0 Å². The molecule has 0 radical (unpaired) electrons. The van der Waals surface area contributed by atoms with E-state index in [0.29, 0.717) is 18.4 Å². The van der Waals surface area contributed by atoms with Crippen LogP contribution in [0.25, 0.3) is 11.0 Å². The summed E-state index contributed by atoms with van der Waals surface area (Å²) in [6.07, 6.45) is 1.16. The molecule has 1 N–H and O–H groups in total. The minimum absolute atomic E-state index is 0.00830. The van der Waals surface area contributed by atoms with Crippen molar-refractivity contribution in [1.29, 1.82) is 0 Å². The molecule has 7 nitrogen and oxygen atoms in total. The molecule has 1 heterocycles. The Morgan fingerprint density at radius 3 is 2.60 bits per heavy atom. The molecule has 1 atom stereocenters. The molecule has 1 aromatic heterocycles. The van der Waals surface area contributed by atoms with Crippen molar-refractivity contribution in [3.8, 4) is 11.8 Å². The van der Waals surface area contributed by atoms with Gasteiger partial charge >= 0.3 is 0 Å². The fraction of sp³-hybridized carbons (Fsp3) is 0.619. The van der Waals surface area contributed by atoms with Crippen LogP contribution in [0.1, 0.15) is 39.5 Å². The summed E-state index contributed by atoms with van der Waals surface area (Å²) in [5.41, 5.74) is 1.49. The summed E-state index contributed by atoms with van der Waals surface area (Å²) in [4.78, 5) is 15.6. The molecule has 2 aromatic rings. The van der Waals surface area contributed by atoms with Crippen LogP contribution in [0.3, 0.4) is 0 Å². The van der Waals surface area contributed by atoms with Gasteiger partial charge < -0.3 is 19.5 Å². The smallest absolute Gasteiger partial charge is 0.297 e. The summed E-state index contributed by atoms with van der Waals surface area (Å²) in [7, 11) is 1.83. The maximum absolute atomic E-state index is 12.4. The third kappa shape index (κ3) is 6.04. The fourth-order valence-corrected chi connectivity index (χ4v) is 3.64.